The maximum absolute atomic E-state index is 11.4. The first-order chi connectivity index (χ1) is 6.29. The highest BCUT2D eigenvalue weighted by atomic mass is 16.5. The maximum Gasteiger partial charge on any atom is 0.239 e. The first-order valence-corrected chi connectivity index (χ1v) is 4.53. The predicted molar refractivity (Wildman–Crippen MR) is 49.3 cm³/mol. The zero-order valence-corrected chi connectivity index (χ0v) is 7.95. The molecular formula is C8H17N3O2. The van der Waals surface area contributed by atoms with Crippen LogP contribution in [0, 0.1) is 0 Å². The van der Waals surface area contributed by atoms with E-state index in [4.69, 9.17) is 10.5 Å². The number of amides is 1. The van der Waals surface area contributed by atoms with Crippen molar-refractivity contribution < 1.29 is 9.53 Å². The molecule has 0 bridgehead atoms. The van der Waals surface area contributed by atoms with Crippen LogP contribution in [0.3, 0.4) is 0 Å². The molecule has 0 radical (unpaired) electrons. The summed E-state index contributed by atoms with van der Waals surface area (Å²) in [6.07, 6.45) is 0. The van der Waals surface area contributed by atoms with E-state index < -0.39 is 0 Å². The molecule has 1 unspecified atom stereocenters. The second-order valence-electron chi connectivity index (χ2n) is 3.03. The monoisotopic (exact) mass is 187 g/mol. The minimum atomic E-state index is -0.165. The molecule has 5 heteroatoms. The molecule has 0 saturated carbocycles. The van der Waals surface area contributed by atoms with Crippen molar-refractivity contribution in [2.24, 2.45) is 5.73 Å². The van der Waals surface area contributed by atoms with Gasteiger partial charge in [-0.2, -0.15) is 0 Å². The second-order valence-corrected chi connectivity index (χ2v) is 3.03. The smallest absolute Gasteiger partial charge is 0.239 e. The van der Waals surface area contributed by atoms with Crippen LogP contribution < -0.4 is 11.1 Å². The molecule has 5 nitrogen and oxygen atoms in total. The highest BCUT2D eigenvalue weighted by molar-refractivity contribution is 5.81. The summed E-state index contributed by atoms with van der Waals surface area (Å²) in [5, 5.41) is 2.62. The number of hydrogen-bond acceptors (Lipinski definition) is 4. The summed E-state index contributed by atoms with van der Waals surface area (Å²) in [7, 11) is 1.64. The Morgan fingerprint density at radius 3 is 3.15 bits per heavy atom. The van der Waals surface area contributed by atoms with Crippen LogP contribution in [-0.2, 0) is 9.53 Å². The number of hydrogen-bond donors (Lipinski definition) is 2. The number of morpholine rings is 1. The fourth-order valence-electron chi connectivity index (χ4n) is 1.48. The fourth-order valence-corrected chi connectivity index (χ4v) is 1.48. The van der Waals surface area contributed by atoms with Crippen molar-refractivity contribution in [3.63, 3.8) is 0 Å². The van der Waals surface area contributed by atoms with Crippen LogP contribution in [0.2, 0.25) is 0 Å². The van der Waals surface area contributed by atoms with Crippen molar-refractivity contribution in [3.05, 3.63) is 0 Å². The molecule has 1 fully saturated rings. The Hall–Kier alpha value is -0.650. The molecule has 3 N–H and O–H groups in total. The number of ether oxygens (including phenoxy) is 1. The summed E-state index contributed by atoms with van der Waals surface area (Å²) in [5.41, 5.74) is 5.45. The Bertz CT molecular complexity index is 173. The number of nitrogens with two attached hydrogens (primary N) is 1. The molecule has 1 saturated heterocycles. The number of likely N-dealkylation sites (N-methyl/N-ethyl adjacent to an activating group) is 1. The van der Waals surface area contributed by atoms with Crippen LogP contribution in [0.15, 0.2) is 0 Å². The van der Waals surface area contributed by atoms with Gasteiger partial charge in [0.2, 0.25) is 5.91 Å². The highest BCUT2D eigenvalue weighted by Crippen LogP contribution is 2.05. The lowest BCUT2D eigenvalue weighted by Crippen LogP contribution is -2.54. The van der Waals surface area contributed by atoms with Crippen molar-refractivity contribution in [2.75, 3.05) is 39.9 Å². The van der Waals surface area contributed by atoms with Gasteiger partial charge >= 0.3 is 0 Å². The fraction of sp³-hybridized carbons (Fsp3) is 0.875. The third kappa shape index (κ3) is 2.65. The molecule has 13 heavy (non-hydrogen) atoms. The normalized spacial score (nSPS) is 24.3. The van der Waals surface area contributed by atoms with Crippen LogP contribution in [0.5, 0.6) is 0 Å². The van der Waals surface area contributed by atoms with Gasteiger partial charge in [0, 0.05) is 26.7 Å². The van der Waals surface area contributed by atoms with Gasteiger partial charge in [0.1, 0.15) is 6.04 Å². The zero-order valence-electron chi connectivity index (χ0n) is 7.95. The predicted octanol–water partition coefficient (Wildman–Crippen LogP) is -1.61. The van der Waals surface area contributed by atoms with E-state index >= 15 is 0 Å². The van der Waals surface area contributed by atoms with Crippen LogP contribution in [0.25, 0.3) is 0 Å². The number of nitrogens with zero attached hydrogens (tertiary/aromatic N) is 1. The Balaban J connectivity index is 2.50. The van der Waals surface area contributed by atoms with Crippen molar-refractivity contribution >= 4 is 5.91 Å². The van der Waals surface area contributed by atoms with Gasteiger partial charge in [-0.15, -0.1) is 0 Å². The molecule has 1 rings (SSSR count). The van der Waals surface area contributed by atoms with Gasteiger partial charge in [0.15, 0.2) is 0 Å². The molecule has 1 aliphatic rings. The Labute approximate surface area is 78.2 Å². The van der Waals surface area contributed by atoms with E-state index in [9.17, 15) is 4.79 Å². The number of carbonyl (C=O) groups is 1. The SMILES string of the molecule is CNC(=O)C1COCCN1CCN. The third-order valence-corrected chi connectivity index (χ3v) is 2.20. The van der Waals surface area contributed by atoms with E-state index in [0.717, 1.165) is 13.1 Å². The standard InChI is InChI=1S/C8H17N3O2/c1-10-8(12)7-6-13-5-4-11(7)3-2-9/h7H,2-6,9H2,1H3,(H,10,12). The first-order valence-electron chi connectivity index (χ1n) is 4.53. The van der Waals surface area contributed by atoms with Crippen LogP contribution in [0.1, 0.15) is 0 Å². The van der Waals surface area contributed by atoms with E-state index in [1.165, 1.54) is 0 Å². The number of nitrogens with one attached hydrogen (secondary N) is 1. The quantitative estimate of drug-likeness (QED) is 0.558. The lowest BCUT2D eigenvalue weighted by atomic mass is 10.2. The van der Waals surface area contributed by atoms with Crippen LogP contribution in [0.4, 0.5) is 0 Å². The van der Waals surface area contributed by atoms with Gasteiger partial charge in [0.25, 0.3) is 0 Å². The summed E-state index contributed by atoms with van der Waals surface area (Å²) >= 11 is 0. The summed E-state index contributed by atoms with van der Waals surface area (Å²) < 4.78 is 5.24. The molecule has 0 aromatic rings. The van der Waals surface area contributed by atoms with E-state index in [-0.39, 0.29) is 11.9 Å². The van der Waals surface area contributed by atoms with Crippen LogP contribution in [-0.4, -0.2) is 56.7 Å². The third-order valence-electron chi connectivity index (χ3n) is 2.20. The largest absolute Gasteiger partial charge is 0.378 e. The summed E-state index contributed by atoms with van der Waals surface area (Å²) in [6, 6.07) is -0.165. The van der Waals surface area contributed by atoms with E-state index in [1.54, 1.807) is 7.05 Å². The van der Waals surface area contributed by atoms with Gasteiger partial charge < -0.3 is 15.8 Å². The average molecular weight is 187 g/mol. The van der Waals surface area contributed by atoms with E-state index in [0.29, 0.717) is 19.8 Å². The molecule has 0 aromatic carbocycles. The Morgan fingerprint density at radius 1 is 1.77 bits per heavy atom. The molecule has 1 atom stereocenters. The van der Waals surface area contributed by atoms with Crippen LogP contribution >= 0.6 is 0 Å². The highest BCUT2D eigenvalue weighted by Gasteiger charge is 2.27. The summed E-state index contributed by atoms with van der Waals surface area (Å²) in [4.78, 5) is 13.4. The topological polar surface area (TPSA) is 67.6 Å². The van der Waals surface area contributed by atoms with Crippen molar-refractivity contribution in [3.8, 4) is 0 Å². The van der Waals surface area contributed by atoms with Gasteiger partial charge in [-0.3, -0.25) is 9.69 Å². The molecule has 0 aromatic heterocycles. The molecule has 1 heterocycles. The maximum atomic E-state index is 11.4. The van der Waals surface area contributed by atoms with Gasteiger partial charge in [-0.1, -0.05) is 0 Å². The number of rotatable bonds is 3. The van der Waals surface area contributed by atoms with Gasteiger partial charge in [0.05, 0.1) is 13.2 Å². The van der Waals surface area contributed by atoms with Crippen molar-refractivity contribution in [1.29, 1.82) is 0 Å². The Kier molecular flexibility index (Phi) is 4.14. The summed E-state index contributed by atoms with van der Waals surface area (Å²) in [5.74, 6) is 0.00755. The lowest BCUT2D eigenvalue weighted by Gasteiger charge is -2.33. The minimum absolute atomic E-state index is 0.00755. The molecule has 76 valence electrons. The molecule has 1 amide bonds. The van der Waals surface area contributed by atoms with Gasteiger partial charge in [-0.05, 0) is 0 Å². The molecular weight excluding hydrogens is 170 g/mol. The minimum Gasteiger partial charge on any atom is -0.378 e. The van der Waals surface area contributed by atoms with Crippen molar-refractivity contribution in [1.82, 2.24) is 10.2 Å². The summed E-state index contributed by atoms with van der Waals surface area (Å²) in [6.45, 7) is 3.28. The van der Waals surface area contributed by atoms with E-state index in [1.807, 2.05) is 0 Å². The van der Waals surface area contributed by atoms with Crippen molar-refractivity contribution in [2.45, 2.75) is 6.04 Å². The zero-order chi connectivity index (χ0) is 9.68. The number of carbonyl (C=O) groups excluding carboxylic acids is 1. The second kappa shape index (κ2) is 5.16. The lowest BCUT2D eigenvalue weighted by molar-refractivity contribution is -0.131. The molecule has 0 aliphatic carbocycles. The molecule has 1 aliphatic heterocycles. The van der Waals surface area contributed by atoms with E-state index in [2.05, 4.69) is 10.2 Å². The van der Waals surface area contributed by atoms with Gasteiger partial charge in [-0.25, -0.2) is 0 Å². The average Bonchev–Trinajstić information content (AvgIpc) is 2.18. The Morgan fingerprint density at radius 2 is 2.54 bits per heavy atom. The first kappa shape index (κ1) is 10.4. The molecule has 0 spiro atoms.